The van der Waals surface area contributed by atoms with Crippen molar-refractivity contribution < 1.29 is 4.74 Å². The lowest BCUT2D eigenvalue weighted by Crippen LogP contribution is -2.25. The maximum atomic E-state index is 8.70. The van der Waals surface area contributed by atoms with Gasteiger partial charge < -0.3 is 4.74 Å². The molecule has 2 atom stereocenters. The first-order valence-corrected chi connectivity index (χ1v) is 4.52. The minimum Gasteiger partial charge on any atom is -0.377 e. The van der Waals surface area contributed by atoms with E-state index in [4.69, 9.17) is 10.00 Å². The molecule has 0 aliphatic heterocycles. The van der Waals surface area contributed by atoms with Crippen LogP contribution >= 0.6 is 0 Å². The Bertz CT molecular complexity index is 270. The highest BCUT2D eigenvalue weighted by atomic mass is 16.5. The molecule has 0 aromatic carbocycles. The van der Waals surface area contributed by atoms with E-state index in [0.717, 1.165) is 0 Å². The smallest absolute Gasteiger partial charge is 0.0989 e. The molecular formula is C11H15NO. The van der Waals surface area contributed by atoms with Gasteiger partial charge >= 0.3 is 0 Å². The molecule has 0 spiro atoms. The van der Waals surface area contributed by atoms with Crippen LogP contribution in [-0.2, 0) is 4.74 Å². The quantitative estimate of drug-likeness (QED) is 0.648. The normalized spacial score (nSPS) is 27.2. The molecule has 0 saturated carbocycles. The molecule has 0 amide bonds. The van der Waals surface area contributed by atoms with Gasteiger partial charge in [0.1, 0.15) is 0 Å². The van der Waals surface area contributed by atoms with Gasteiger partial charge in [-0.3, -0.25) is 0 Å². The van der Waals surface area contributed by atoms with Crippen molar-refractivity contribution in [3.63, 3.8) is 0 Å². The molecule has 2 unspecified atom stereocenters. The van der Waals surface area contributed by atoms with Crippen molar-refractivity contribution in [3.05, 3.63) is 23.8 Å². The van der Waals surface area contributed by atoms with Crippen molar-refractivity contribution in [3.8, 4) is 6.07 Å². The Balaban J connectivity index is 2.81. The van der Waals surface area contributed by atoms with E-state index in [1.54, 1.807) is 7.11 Å². The fourth-order valence-corrected chi connectivity index (χ4v) is 1.57. The lowest BCUT2D eigenvalue weighted by atomic mass is 9.85. The van der Waals surface area contributed by atoms with Crippen LogP contribution in [0.15, 0.2) is 23.8 Å². The summed E-state index contributed by atoms with van der Waals surface area (Å²) in [6, 6.07) is 2.12. The molecule has 0 radical (unpaired) electrons. The van der Waals surface area contributed by atoms with Gasteiger partial charge in [0.15, 0.2) is 0 Å². The Labute approximate surface area is 79.5 Å². The van der Waals surface area contributed by atoms with E-state index in [9.17, 15) is 0 Å². The fourth-order valence-electron chi connectivity index (χ4n) is 1.57. The maximum absolute atomic E-state index is 8.70. The van der Waals surface area contributed by atoms with E-state index in [1.165, 1.54) is 0 Å². The Morgan fingerprint density at radius 2 is 2.23 bits per heavy atom. The van der Waals surface area contributed by atoms with Gasteiger partial charge in [-0.05, 0) is 18.1 Å². The van der Waals surface area contributed by atoms with Crippen molar-refractivity contribution >= 4 is 0 Å². The molecule has 0 aromatic rings. The third-order valence-electron chi connectivity index (χ3n) is 2.39. The third kappa shape index (κ3) is 2.19. The van der Waals surface area contributed by atoms with Gasteiger partial charge in [0, 0.05) is 13.0 Å². The van der Waals surface area contributed by atoms with Crippen LogP contribution in [-0.4, -0.2) is 13.2 Å². The molecular weight excluding hydrogens is 162 g/mol. The predicted molar refractivity (Wildman–Crippen MR) is 52.0 cm³/mol. The zero-order valence-electron chi connectivity index (χ0n) is 8.32. The summed E-state index contributed by atoms with van der Waals surface area (Å²) in [6.45, 7) is 4.32. The van der Waals surface area contributed by atoms with E-state index in [0.29, 0.717) is 17.4 Å². The van der Waals surface area contributed by atoms with E-state index >= 15 is 0 Å². The van der Waals surface area contributed by atoms with E-state index in [2.05, 4.69) is 26.0 Å². The van der Waals surface area contributed by atoms with Gasteiger partial charge in [-0.15, -0.1) is 0 Å². The number of hydrogen-bond acceptors (Lipinski definition) is 2. The maximum Gasteiger partial charge on any atom is 0.0989 e. The second-order valence-corrected chi connectivity index (χ2v) is 3.61. The lowest BCUT2D eigenvalue weighted by molar-refractivity contribution is 0.0878. The van der Waals surface area contributed by atoms with Crippen LogP contribution in [0, 0.1) is 23.2 Å². The summed E-state index contributed by atoms with van der Waals surface area (Å²) in [5, 5.41) is 8.70. The summed E-state index contributed by atoms with van der Waals surface area (Å²) in [4.78, 5) is 0. The first-order valence-electron chi connectivity index (χ1n) is 4.52. The van der Waals surface area contributed by atoms with E-state index in [-0.39, 0.29) is 6.10 Å². The molecule has 1 aliphatic carbocycles. The molecule has 0 bridgehead atoms. The monoisotopic (exact) mass is 177 g/mol. The molecule has 0 aromatic heterocycles. The number of nitrogens with zero attached hydrogens (tertiary/aromatic N) is 1. The largest absolute Gasteiger partial charge is 0.377 e. The molecule has 13 heavy (non-hydrogen) atoms. The number of methoxy groups -OCH3 is 1. The number of allylic oxidation sites excluding steroid dienone is 2. The fraction of sp³-hybridized carbons (Fsp3) is 0.545. The summed E-state index contributed by atoms with van der Waals surface area (Å²) < 4.78 is 5.32. The zero-order valence-corrected chi connectivity index (χ0v) is 8.32. The summed E-state index contributed by atoms with van der Waals surface area (Å²) in [7, 11) is 1.69. The molecule has 0 fully saturated rings. The van der Waals surface area contributed by atoms with Crippen molar-refractivity contribution in [1.82, 2.24) is 0 Å². The third-order valence-corrected chi connectivity index (χ3v) is 2.39. The van der Waals surface area contributed by atoms with Crippen LogP contribution in [0.3, 0.4) is 0 Å². The minimum atomic E-state index is 0.0552. The highest BCUT2D eigenvalue weighted by Crippen LogP contribution is 2.25. The molecule has 2 nitrogen and oxygen atoms in total. The topological polar surface area (TPSA) is 33.0 Å². The summed E-state index contributed by atoms with van der Waals surface area (Å²) in [5.41, 5.74) is 0.698. The predicted octanol–water partition coefficient (Wildman–Crippen LogP) is 2.29. The van der Waals surface area contributed by atoms with E-state index in [1.807, 2.05) is 12.2 Å². The molecule has 2 heteroatoms. The summed E-state index contributed by atoms with van der Waals surface area (Å²) in [6.07, 6.45) is 5.89. The average Bonchev–Trinajstić information content (AvgIpc) is 2.16. The molecule has 0 heterocycles. The molecule has 1 rings (SSSR count). The zero-order chi connectivity index (χ0) is 9.84. The number of nitriles is 1. The number of rotatable bonds is 2. The van der Waals surface area contributed by atoms with Gasteiger partial charge in [-0.25, -0.2) is 0 Å². The summed E-state index contributed by atoms with van der Waals surface area (Å²) in [5.74, 6) is 0.930. The standard InChI is InChI=1S/C11H15NO/c1-8(2)10-5-4-9(7-12)6-11(10)13-3/h4-6,8,10-11H,1-3H3. The van der Waals surface area contributed by atoms with Crippen LogP contribution in [0.25, 0.3) is 0 Å². The average molecular weight is 177 g/mol. The number of hydrogen-bond donors (Lipinski definition) is 0. The number of ether oxygens (including phenoxy) is 1. The second-order valence-electron chi connectivity index (χ2n) is 3.61. The van der Waals surface area contributed by atoms with Crippen LogP contribution in [0.5, 0.6) is 0 Å². The van der Waals surface area contributed by atoms with Gasteiger partial charge in [0.05, 0.1) is 17.7 Å². The Morgan fingerprint density at radius 3 is 2.69 bits per heavy atom. The Hall–Kier alpha value is -1.07. The second kappa shape index (κ2) is 4.25. The minimum absolute atomic E-state index is 0.0552. The highest BCUT2D eigenvalue weighted by Gasteiger charge is 2.23. The van der Waals surface area contributed by atoms with Gasteiger partial charge in [0.25, 0.3) is 0 Å². The van der Waals surface area contributed by atoms with Gasteiger partial charge in [0.2, 0.25) is 0 Å². The van der Waals surface area contributed by atoms with Crippen LogP contribution in [0.2, 0.25) is 0 Å². The molecule has 1 aliphatic rings. The van der Waals surface area contributed by atoms with Crippen molar-refractivity contribution in [2.24, 2.45) is 11.8 Å². The van der Waals surface area contributed by atoms with Crippen LogP contribution < -0.4 is 0 Å². The highest BCUT2D eigenvalue weighted by molar-refractivity contribution is 5.37. The SMILES string of the molecule is COC1C=C(C#N)C=CC1C(C)C. The van der Waals surface area contributed by atoms with Gasteiger partial charge in [-0.2, -0.15) is 5.26 Å². The molecule has 0 N–H and O–H groups in total. The van der Waals surface area contributed by atoms with Gasteiger partial charge in [-0.1, -0.05) is 19.9 Å². The van der Waals surface area contributed by atoms with Crippen molar-refractivity contribution in [1.29, 1.82) is 5.26 Å². The Kier molecular flexibility index (Phi) is 3.27. The van der Waals surface area contributed by atoms with Crippen LogP contribution in [0.1, 0.15) is 13.8 Å². The van der Waals surface area contributed by atoms with Crippen molar-refractivity contribution in [2.75, 3.05) is 7.11 Å². The lowest BCUT2D eigenvalue weighted by Gasteiger charge is -2.26. The van der Waals surface area contributed by atoms with Crippen molar-refractivity contribution in [2.45, 2.75) is 20.0 Å². The summed E-state index contributed by atoms with van der Waals surface area (Å²) >= 11 is 0. The van der Waals surface area contributed by atoms with E-state index < -0.39 is 0 Å². The first kappa shape index (κ1) is 10.0. The van der Waals surface area contributed by atoms with Crippen LogP contribution in [0.4, 0.5) is 0 Å². The molecule has 0 saturated heterocycles. The Morgan fingerprint density at radius 1 is 1.54 bits per heavy atom. The first-order chi connectivity index (χ1) is 6.19. The molecule has 70 valence electrons.